The van der Waals surface area contributed by atoms with Gasteiger partial charge in [0.1, 0.15) is 0 Å². The fraction of sp³-hybridized carbons (Fsp3) is 0.286. The largest absolute Gasteiger partial charge is 0.310 e. The summed E-state index contributed by atoms with van der Waals surface area (Å²) in [6, 6.07) is 8.12. The molecule has 1 atom stereocenters. The van der Waals surface area contributed by atoms with Crippen LogP contribution in [0.25, 0.3) is 0 Å². The van der Waals surface area contributed by atoms with Gasteiger partial charge in [-0.25, -0.2) is 0 Å². The number of nitrogens with one attached hydrogen (secondary N) is 1. The van der Waals surface area contributed by atoms with Gasteiger partial charge in [-0.1, -0.05) is 42.3 Å². The molecule has 1 N–H and O–H groups in total. The Bertz CT molecular complexity index is 556. The second kappa shape index (κ2) is 7.09. The van der Waals surface area contributed by atoms with E-state index in [4.69, 9.17) is 23.2 Å². The molecule has 1 aromatic carbocycles. The van der Waals surface area contributed by atoms with Crippen molar-refractivity contribution < 1.29 is 0 Å². The van der Waals surface area contributed by atoms with Crippen LogP contribution in [0.2, 0.25) is 10.0 Å². The first-order valence-electron chi connectivity index (χ1n) is 6.02. The van der Waals surface area contributed by atoms with E-state index >= 15 is 0 Å². The Morgan fingerprint density at radius 1 is 1.37 bits per heavy atom. The van der Waals surface area contributed by atoms with E-state index in [1.54, 1.807) is 11.3 Å². The first-order chi connectivity index (χ1) is 9.11. The van der Waals surface area contributed by atoms with Gasteiger partial charge in [0.2, 0.25) is 0 Å². The van der Waals surface area contributed by atoms with Gasteiger partial charge in [-0.3, -0.25) is 0 Å². The van der Waals surface area contributed by atoms with Crippen LogP contribution in [-0.4, -0.2) is 6.54 Å². The van der Waals surface area contributed by atoms with Gasteiger partial charge in [-0.15, -0.1) is 11.3 Å². The van der Waals surface area contributed by atoms with E-state index in [1.807, 2.05) is 18.2 Å². The highest BCUT2D eigenvalue weighted by atomic mass is 79.9. The van der Waals surface area contributed by atoms with Crippen LogP contribution in [0.15, 0.2) is 34.1 Å². The first kappa shape index (κ1) is 15.3. The molecule has 0 amide bonds. The number of thiophene rings is 1. The first-order valence-corrected chi connectivity index (χ1v) is 8.45. The Labute approximate surface area is 136 Å². The maximum absolute atomic E-state index is 6.32. The molecule has 0 bridgehead atoms. The lowest BCUT2D eigenvalue weighted by molar-refractivity contribution is 0.553. The molecule has 0 spiro atoms. The van der Waals surface area contributed by atoms with Gasteiger partial charge >= 0.3 is 0 Å². The second-order valence-electron chi connectivity index (χ2n) is 4.19. The summed E-state index contributed by atoms with van der Waals surface area (Å²) in [5, 5.41) is 6.82. The van der Waals surface area contributed by atoms with Crippen molar-refractivity contribution in [2.24, 2.45) is 0 Å². The summed E-state index contributed by atoms with van der Waals surface area (Å²) in [5.74, 6) is 0. The molecule has 0 saturated heterocycles. The molecule has 19 heavy (non-hydrogen) atoms. The molecule has 0 aliphatic heterocycles. The van der Waals surface area contributed by atoms with Gasteiger partial charge in [0.25, 0.3) is 0 Å². The topological polar surface area (TPSA) is 12.0 Å². The SMILES string of the molecule is CCNC(Cc1cc(Br)cs1)c1cccc(Cl)c1Cl. The third kappa shape index (κ3) is 3.96. The summed E-state index contributed by atoms with van der Waals surface area (Å²) >= 11 is 17.6. The Hall–Kier alpha value is -0.0600. The molecule has 0 aliphatic rings. The van der Waals surface area contributed by atoms with E-state index in [2.05, 4.69) is 39.6 Å². The number of likely N-dealkylation sites (N-methyl/N-ethyl adjacent to an activating group) is 1. The predicted octanol–water partition coefficient (Wildman–Crippen LogP) is 5.71. The Morgan fingerprint density at radius 3 is 2.79 bits per heavy atom. The standard InChI is InChI=1S/C14H14BrCl2NS/c1-2-18-13(7-10-6-9(15)8-19-10)11-4-3-5-12(16)14(11)17/h3-6,8,13,18H,2,7H2,1H3. The zero-order chi connectivity index (χ0) is 13.8. The van der Waals surface area contributed by atoms with Gasteiger partial charge in [-0.2, -0.15) is 0 Å². The summed E-state index contributed by atoms with van der Waals surface area (Å²) in [4.78, 5) is 1.31. The average Bonchev–Trinajstić information content (AvgIpc) is 2.78. The van der Waals surface area contributed by atoms with Crippen molar-refractivity contribution in [1.82, 2.24) is 5.32 Å². The van der Waals surface area contributed by atoms with Crippen LogP contribution in [0.4, 0.5) is 0 Å². The molecule has 0 radical (unpaired) electrons. The van der Waals surface area contributed by atoms with E-state index in [9.17, 15) is 0 Å². The van der Waals surface area contributed by atoms with Crippen LogP contribution in [0.5, 0.6) is 0 Å². The fourth-order valence-corrected chi connectivity index (χ4v) is 3.93. The number of hydrogen-bond donors (Lipinski definition) is 1. The summed E-state index contributed by atoms with van der Waals surface area (Å²) < 4.78 is 1.12. The number of rotatable bonds is 5. The number of benzene rings is 1. The lowest BCUT2D eigenvalue weighted by Gasteiger charge is -2.19. The zero-order valence-electron chi connectivity index (χ0n) is 10.4. The van der Waals surface area contributed by atoms with Crippen LogP contribution in [0.3, 0.4) is 0 Å². The van der Waals surface area contributed by atoms with Crippen molar-refractivity contribution in [3.05, 3.63) is 54.6 Å². The molecule has 1 heterocycles. The summed E-state index contributed by atoms with van der Waals surface area (Å²) in [5.41, 5.74) is 1.06. The van der Waals surface area contributed by atoms with Gasteiger partial charge in [-0.05, 0) is 40.2 Å². The van der Waals surface area contributed by atoms with E-state index in [1.165, 1.54) is 4.88 Å². The van der Waals surface area contributed by atoms with Crippen molar-refractivity contribution in [3.8, 4) is 0 Å². The van der Waals surface area contributed by atoms with Gasteiger partial charge < -0.3 is 5.32 Å². The van der Waals surface area contributed by atoms with E-state index in [0.29, 0.717) is 10.0 Å². The lowest BCUT2D eigenvalue weighted by Crippen LogP contribution is -2.23. The zero-order valence-corrected chi connectivity index (χ0v) is 14.3. The summed E-state index contributed by atoms with van der Waals surface area (Å²) in [7, 11) is 0. The molecule has 0 fully saturated rings. The molecule has 102 valence electrons. The number of halogens is 3. The maximum Gasteiger partial charge on any atom is 0.0640 e. The Kier molecular flexibility index (Phi) is 5.72. The monoisotopic (exact) mass is 377 g/mol. The summed E-state index contributed by atoms with van der Waals surface area (Å²) in [6.45, 7) is 2.98. The minimum absolute atomic E-state index is 0.182. The van der Waals surface area contributed by atoms with Crippen molar-refractivity contribution in [1.29, 1.82) is 0 Å². The van der Waals surface area contributed by atoms with Crippen molar-refractivity contribution >= 4 is 50.5 Å². The van der Waals surface area contributed by atoms with E-state index < -0.39 is 0 Å². The molecule has 0 saturated carbocycles. The molecule has 5 heteroatoms. The van der Waals surface area contributed by atoms with Crippen LogP contribution >= 0.6 is 50.5 Å². The van der Waals surface area contributed by atoms with Crippen LogP contribution in [-0.2, 0) is 6.42 Å². The predicted molar refractivity (Wildman–Crippen MR) is 88.6 cm³/mol. The van der Waals surface area contributed by atoms with Gasteiger partial charge in [0.15, 0.2) is 0 Å². The molecule has 1 aromatic heterocycles. The quantitative estimate of drug-likeness (QED) is 0.702. The van der Waals surface area contributed by atoms with Crippen LogP contribution in [0.1, 0.15) is 23.4 Å². The third-order valence-corrected chi connectivity index (χ3v) is 5.39. The molecule has 0 aliphatic carbocycles. The minimum atomic E-state index is 0.182. The fourth-order valence-electron chi connectivity index (χ4n) is 1.99. The molecule has 1 nitrogen and oxygen atoms in total. The Morgan fingerprint density at radius 2 is 2.16 bits per heavy atom. The van der Waals surface area contributed by atoms with Gasteiger partial charge in [0, 0.05) is 27.2 Å². The van der Waals surface area contributed by atoms with Crippen molar-refractivity contribution in [3.63, 3.8) is 0 Å². The highest BCUT2D eigenvalue weighted by molar-refractivity contribution is 9.10. The van der Waals surface area contributed by atoms with Crippen LogP contribution in [0, 0.1) is 0 Å². The molecule has 2 rings (SSSR count). The second-order valence-corrected chi connectivity index (χ2v) is 6.89. The smallest absolute Gasteiger partial charge is 0.0640 e. The molecular formula is C14H14BrCl2NS. The highest BCUT2D eigenvalue weighted by Gasteiger charge is 2.16. The maximum atomic E-state index is 6.32. The van der Waals surface area contributed by atoms with Crippen molar-refractivity contribution in [2.75, 3.05) is 6.54 Å². The van der Waals surface area contributed by atoms with Gasteiger partial charge in [0.05, 0.1) is 10.0 Å². The molecule has 2 aromatic rings. The number of hydrogen-bond acceptors (Lipinski definition) is 2. The Balaban J connectivity index is 2.26. The van der Waals surface area contributed by atoms with Crippen LogP contribution < -0.4 is 5.32 Å². The lowest BCUT2D eigenvalue weighted by atomic mass is 10.0. The highest BCUT2D eigenvalue weighted by Crippen LogP contribution is 2.33. The van der Waals surface area contributed by atoms with Crippen molar-refractivity contribution in [2.45, 2.75) is 19.4 Å². The van der Waals surface area contributed by atoms with E-state index in [0.717, 1.165) is 23.0 Å². The average molecular weight is 379 g/mol. The molecule has 1 unspecified atom stereocenters. The summed E-state index contributed by atoms with van der Waals surface area (Å²) in [6.07, 6.45) is 0.907. The third-order valence-electron chi connectivity index (χ3n) is 2.83. The molecular weight excluding hydrogens is 365 g/mol. The minimum Gasteiger partial charge on any atom is -0.310 e. The normalized spacial score (nSPS) is 12.6. The van der Waals surface area contributed by atoms with E-state index in [-0.39, 0.29) is 6.04 Å².